The van der Waals surface area contributed by atoms with E-state index in [1.54, 1.807) is 29.5 Å². The normalized spacial score (nSPS) is 16.4. The monoisotopic (exact) mass is 387 g/mol. The summed E-state index contributed by atoms with van der Waals surface area (Å²) in [7, 11) is 0. The van der Waals surface area contributed by atoms with Gasteiger partial charge in [0, 0.05) is 24.5 Å². The van der Waals surface area contributed by atoms with Crippen LogP contribution in [0.2, 0.25) is 0 Å². The highest BCUT2D eigenvalue weighted by atomic mass is 32.1. The third-order valence-corrected chi connectivity index (χ3v) is 5.70. The summed E-state index contributed by atoms with van der Waals surface area (Å²) in [5, 5.41) is 5.03. The number of hydrogen-bond donors (Lipinski definition) is 1. The molecule has 27 heavy (non-hydrogen) atoms. The molecule has 0 radical (unpaired) electrons. The molecule has 1 atom stereocenters. The summed E-state index contributed by atoms with van der Waals surface area (Å²) in [6.07, 6.45) is 0. The molecule has 2 aromatic heterocycles. The van der Waals surface area contributed by atoms with E-state index in [9.17, 15) is 9.59 Å². The molecule has 1 saturated heterocycles. The Hall–Kier alpha value is -2.42. The molecular weight excluding hydrogens is 366 g/mol. The van der Waals surface area contributed by atoms with Gasteiger partial charge in [-0.25, -0.2) is 4.79 Å². The number of nitrogens with one attached hydrogen (secondary N) is 1. The summed E-state index contributed by atoms with van der Waals surface area (Å²) in [6.45, 7) is 3.51. The minimum absolute atomic E-state index is 0.0594. The summed E-state index contributed by atoms with van der Waals surface area (Å²) in [6, 6.07) is 11.3. The van der Waals surface area contributed by atoms with E-state index in [1.165, 1.54) is 9.44 Å². The molecule has 1 aromatic carbocycles. The van der Waals surface area contributed by atoms with Crippen LogP contribution in [0.1, 0.15) is 10.9 Å². The Labute approximate surface area is 160 Å². The lowest BCUT2D eigenvalue weighted by Crippen LogP contribution is -2.44. The lowest BCUT2D eigenvalue weighted by Gasteiger charge is -2.34. The highest BCUT2D eigenvalue weighted by molar-refractivity contribution is 7.10. The fraction of sp³-hybridized carbons (Fsp3) is 0.368. The topological polar surface area (TPSA) is 76.7 Å². The number of hydrogen-bond acceptors (Lipinski definition) is 6. The quantitative estimate of drug-likeness (QED) is 0.699. The molecule has 0 saturated carbocycles. The van der Waals surface area contributed by atoms with E-state index in [1.807, 2.05) is 17.5 Å². The van der Waals surface area contributed by atoms with Crippen molar-refractivity contribution >= 4 is 28.3 Å². The van der Waals surface area contributed by atoms with Crippen molar-refractivity contribution in [2.75, 3.05) is 32.8 Å². The molecule has 142 valence electrons. The van der Waals surface area contributed by atoms with Crippen LogP contribution in [0.5, 0.6) is 0 Å². The minimum Gasteiger partial charge on any atom is -0.408 e. The van der Waals surface area contributed by atoms with Crippen LogP contribution in [0, 0.1) is 0 Å². The first-order valence-electron chi connectivity index (χ1n) is 8.92. The van der Waals surface area contributed by atoms with Crippen LogP contribution in [0.15, 0.2) is 51.0 Å². The van der Waals surface area contributed by atoms with Crippen LogP contribution in [-0.4, -0.2) is 48.2 Å². The molecule has 0 bridgehead atoms. The van der Waals surface area contributed by atoms with E-state index in [-0.39, 0.29) is 18.5 Å². The number of fused-ring (bicyclic) bond motifs is 1. The smallest absolute Gasteiger partial charge is 0.408 e. The van der Waals surface area contributed by atoms with Crippen molar-refractivity contribution in [3.8, 4) is 0 Å². The lowest BCUT2D eigenvalue weighted by atomic mass is 10.2. The molecular formula is C19H21N3O4S. The van der Waals surface area contributed by atoms with Crippen molar-refractivity contribution in [1.29, 1.82) is 0 Å². The molecule has 3 aromatic rings. The zero-order valence-corrected chi connectivity index (χ0v) is 15.6. The number of morpholine rings is 1. The average Bonchev–Trinajstić information content (AvgIpc) is 3.32. The summed E-state index contributed by atoms with van der Waals surface area (Å²) >= 11 is 1.68. The second-order valence-corrected chi connectivity index (χ2v) is 7.38. The number of thiophene rings is 1. The average molecular weight is 387 g/mol. The molecule has 0 spiro atoms. The number of amides is 1. The Bertz CT molecular complexity index is 957. The van der Waals surface area contributed by atoms with E-state index in [0.29, 0.717) is 30.9 Å². The highest BCUT2D eigenvalue weighted by Crippen LogP contribution is 2.25. The maximum Gasteiger partial charge on any atom is 0.420 e. The van der Waals surface area contributed by atoms with Gasteiger partial charge in [0.2, 0.25) is 5.91 Å². The predicted molar refractivity (Wildman–Crippen MR) is 103 cm³/mol. The van der Waals surface area contributed by atoms with Crippen LogP contribution in [0.4, 0.5) is 0 Å². The number of benzene rings is 1. The lowest BCUT2D eigenvalue weighted by molar-refractivity contribution is -0.122. The van der Waals surface area contributed by atoms with E-state index in [2.05, 4.69) is 16.3 Å². The zero-order chi connectivity index (χ0) is 18.6. The number of para-hydroxylation sites is 2. The standard InChI is InChI=1S/C19H21N3O4S/c23-18(13-22-14-4-1-2-5-16(14)26-19(22)24)20-12-15(17-6-3-11-27-17)21-7-9-25-10-8-21/h1-6,11,15H,7-10,12-13H2,(H,20,23)/t15-/m0/s1. The van der Waals surface area contributed by atoms with Gasteiger partial charge < -0.3 is 14.5 Å². The molecule has 1 aliphatic rings. The van der Waals surface area contributed by atoms with Crippen molar-refractivity contribution in [3.05, 3.63) is 57.2 Å². The second-order valence-electron chi connectivity index (χ2n) is 6.41. The summed E-state index contributed by atoms with van der Waals surface area (Å²) in [5.74, 6) is -0.729. The molecule has 1 amide bonds. The van der Waals surface area contributed by atoms with E-state index < -0.39 is 5.76 Å². The Morgan fingerprint density at radius 3 is 2.78 bits per heavy atom. The number of carbonyl (C=O) groups is 1. The van der Waals surface area contributed by atoms with Crippen LogP contribution in [0.3, 0.4) is 0 Å². The van der Waals surface area contributed by atoms with Crippen molar-refractivity contribution in [2.45, 2.75) is 12.6 Å². The number of aromatic nitrogens is 1. The number of nitrogens with zero attached hydrogens (tertiary/aromatic N) is 2. The van der Waals surface area contributed by atoms with Gasteiger partial charge in [-0.05, 0) is 23.6 Å². The van der Waals surface area contributed by atoms with Crippen molar-refractivity contribution in [3.63, 3.8) is 0 Å². The minimum atomic E-state index is -0.519. The maximum atomic E-state index is 12.5. The van der Waals surface area contributed by atoms with Gasteiger partial charge in [0.1, 0.15) is 6.54 Å². The van der Waals surface area contributed by atoms with E-state index in [0.717, 1.165) is 13.1 Å². The molecule has 7 nitrogen and oxygen atoms in total. The Balaban J connectivity index is 1.45. The van der Waals surface area contributed by atoms with Crippen LogP contribution in [0.25, 0.3) is 11.1 Å². The van der Waals surface area contributed by atoms with Crippen molar-refractivity contribution in [2.24, 2.45) is 0 Å². The van der Waals surface area contributed by atoms with Crippen LogP contribution < -0.4 is 11.1 Å². The fourth-order valence-electron chi connectivity index (χ4n) is 3.35. The van der Waals surface area contributed by atoms with Gasteiger partial charge >= 0.3 is 5.76 Å². The molecule has 4 rings (SSSR count). The molecule has 0 aliphatic carbocycles. The molecule has 8 heteroatoms. The Kier molecular flexibility index (Phi) is 5.38. The Morgan fingerprint density at radius 2 is 2.00 bits per heavy atom. The van der Waals surface area contributed by atoms with Crippen LogP contribution in [-0.2, 0) is 16.1 Å². The van der Waals surface area contributed by atoms with Gasteiger partial charge in [-0.15, -0.1) is 11.3 Å². The maximum absolute atomic E-state index is 12.5. The first kappa shape index (κ1) is 18.0. The number of rotatable bonds is 6. The van der Waals surface area contributed by atoms with E-state index >= 15 is 0 Å². The number of ether oxygens (including phenoxy) is 1. The van der Waals surface area contributed by atoms with Gasteiger partial charge in [-0.2, -0.15) is 0 Å². The van der Waals surface area contributed by atoms with Gasteiger partial charge in [0.15, 0.2) is 5.58 Å². The summed E-state index contributed by atoms with van der Waals surface area (Å²) in [5.41, 5.74) is 1.11. The van der Waals surface area contributed by atoms with Gasteiger partial charge in [-0.1, -0.05) is 18.2 Å². The largest absolute Gasteiger partial charge is 0.420 e. The third kappa shape index (κ3) is 3.97. The summed E-state index contributed by atoms with van der Waals surface area (Å²) in [4.78, 5) is 28.1. The number of oxazole rings is 1. The van der Waals surface area contributed by atoms with Gasteiger partial charge in [0.25, 0.3) is 0 Å². The second kappa shape index (κ2) is 8.08. The first-order chi connectivity index (χ1) is 13.2. The van der Waals surface area contributed by atoms with Gasteiger partial charge in [-0.3, -0.25) is 14.3 Å². The molecule has 1 aliphatic heterocycles. The molecule has 3 heterocycles. The molecule has 1 N–H and O–H groups in total. The third-order valence-electron chi connectivity index (χ3n) is 4.73. The van der Waals surface area contributed by atoms with Crippen molar-refractivity contribution in [1.82, 2.24) is 14.8 Å². The fourth-order valence-corrected chi connectivity index (χ4v) is 4.21. The van der Waals surface area contributed by atoms with Crippen molar-refractivity contribution < 1.29 is 13.9 Å². The molecule has 1 fully saturated rings. The predicted octanol–water partition coefficient (Wildman–Crippen LogP) is 1.85. The van der Waals surface area contributed by atoms with E-state index in [4.69, 9.17) is 9.15 Å². The van der Waals surface area contributed by atoms with Crippen LogP contribution >= 0.6 is 11.3 Å². The Morgan fingerprint density at radius 1 is 1.19 bits per heavy atom. The zero-order valence-electron chi connectivity index (χ0n) is 14.8. The molecule has 0 unspecified atom stereocenters. The number of carbonyl (C=O) groups excluding carboxylic acids is 1. The van der Waals surface area contributed by atoms with Gasteiger partial charge in [0.05, 0.1) is 24.8 Å². The summed E-state index contributed by atoms with van der Waals surface area (Å²) < 4.78 is 12.0. The first-order valence-corrected chi connectivity index (χ1v) is 9.80. The highest BCUT2D eigenvalue weighted by Gasteiger charge is 2.24. The SMILES string of the molecule is O=C(Cn1c(=O)oc2ccccc21)NC[C@@H](c1cccs1)N1CCOCC1.